The summed E-state index contributed by atoms with van der Waals surface area (Å²) in [6.45, 7) is 0. The molecule has 0 spiro atoms. The lowest BCUT2D eigenvalue weighted by Gasteiger charge is -2.28. The first-order valence-electron chi connectivity index (χ1n) is 18.8. The minimum absolute atomic E-state index is 0.898. The number of hydrogen-bond donors (Lipinski definition) is 0. The highest BCUT2D eigenvalue weighted by molar-refractivity contribution is 6.19. The molecule has 0 saturated heterocycles. The van der Waals surface area contributed by atoms with E-state index in [0.29, 0.717) is 0 Å². The van der Waals surface area contributed by atoms with Gasteiger partial charge in [-0.2, -0.15) is 0 Å². The van der Waals surface area contributed by atoms with Crippen LogP contribution in [0.2, 0.25) is 0 Å². The molecule has 11 aromatic rings. The molecule has 11 rings (SSSR count). The number of aromatic nitrogens is 1. The average Bonchev–Trinajstić information content (AvgIpc) is 3.81. The number of rotatable bonds is 6. The van der Waals surface area contributed by atoms with Crippen molar-refractivity contribution in [3.8, 4) is 27.9 Å². The van der Waals surface area contributed by atoms with Crippen LogP contribution in [-0.4, -0.2) is 4.57 Å². The summed E-state index contributed by atoms with van der Waals surface area (Å²) in [5.41, 5.74) is 13.3. The molecular weight excluding hydrogens is 669 g/mol. The fraction of sp³-hybridized carbons (Fsp3) is 0. The first-order chi connectivity index (χ1) is 27.3. The van der Waals surface area contributed by atoms with Gasteiger partial charge in [0.2, 0.25) is 0 Å². The number of furan rings is 1. The topological polar surface area (TPSA) is 21.3 Å². The van der Waals surface area contributed by atoms with Crippen molar-refractivity contribution < 1.29 is 4.42 Å². The highest BCUT2D eigenvalue weighted by Crippen LogP contribution is 2.45. The normalized spacial score (nSPS) is 11.6. The van der Waals surface area contributed by atoms with E-state index in [1.807, 2.05) is 0 Å². The minimum atomic E-state index is 0.898. The highest BCUT2D eigenvalue weighted by atomic mass is 16.3. The van der Waals surface area contributed by atoms with Crippen LogP contribution in [0.25, 0.3) is 82.5 Å². The van der Waals surface area contributed by atoms with E-state index in [-0.39, 0.29) is 0 Å². The number of fused-ring (bicyclic) bond motifs is 8. The van der Waals surface area contributed by atoms with E-state index in [1.165, 1.54) is 38.3 Å². The van der Waals surface area contributed by atoms with Crippen LogP contribution in [0.4, 0.5) is 17.1 Å². The molecule has 0 aliphatic rings. The summed E-state index contributed by atoms with van der Waals surface area (Å²) < 4.78 is 8.92. The molecule has 258 valence electrons. The Morgan fingerprint density at radius 2 is 1.05 bits per heavy atom. The molecule has 55 heavy (non-hydrogen) atoms. The lowest BCUT2D eigenvalue weighted by atomic mass is 9.97. The Kier molecular flexibility index (Phi) is 7.17. The van der Waals surface area contributed by atoms with Gasteiger partial charge in [0, 0.05) is 49.6 Å². The summed E-state index contributed by atoms with van der Waals surface area (Å²) >= 11 is 0. The van der Waals surface area contributed by atoms with E-state index < -0.39 is 0 Å². The molecule has 2 aromatic heterocycles. The van der Waals surface area contributed by atoms with Gasteiger partial charge in [-0.05, 0) is 88.8 Å². The Bertz CT molecular complexity index is 3190. The second-order valence-corrected chi connectivity index (χ2v) is 14.1. The number of anilines is 3. The number of benzene rings is 9. The zero-order chi connectivity index (χ0) is 36.3. The van der Waals surface area contributed by atoms with Gasteiger partial charge in [-0.3, -0.25) is 0 Å². The molecule has 3 heteroatoms. The molecule has 0 fully saturated rings. The Morgan fingerprint density at radius 3 is 1.91 bits per heavy atom. The van der Waals surface area contributed by atoms with Crippen molar-refractivity contribution in [2.75, 3.05) is 4.90 Å². The van der Waals surface area contributed by atoms with E-state index in [2.05, 4.69) is 216 Å². The molecular formula is C52H34N2O. The van der Waals surface area contributed by atoms with Crippen molar-refractivity contribution in [1.29, 1.82) is 0 Å². The van der Waals surface area contributed by atoms with Crippen molar-refractivity contribution in [1.82, 2.24) is 4.57 Å². The van der Waals surface area contributed by atoms with Crippen molar-refractivity contribution >= 4 is 71.6 Å². The summed E-state index contributed by atoms with van der Waals surface area (Å²) in [4.78, 5) is 2.40. The smallest absolute Gasteiger partial charge is 0.143 e. The summed E-state index contributed by atoms with van der Waals surface area (Å²) in [6, 6.07) is 73.9. The highest BCUT2D eigenvalue weighted by Gasteiger charge is 2.21. The van der Waals surface area contributed by atoms with Gasteiger partial charge in [-0.1, -0.05) is 140 Å². The largest absolute Gasteiger partial charge is 0.455 e. The minimum Gasteiger partial charge on any atom is -0.455 e. The van der Waals surface area contributed by atoms with E-state index >= 15 is 0 Å². The standard InChI is InChI=1S/C52H34N2O/c1-3-14-35(15-4-1)41-19-9-11-23-47(41)53(40-31-33-49-46(34-40)44-21-10-12-24-48(44)54(49)38-17-5-2-6-18-38)39-29-26-37(27-30-39)42-22-13-25-50-51(42)45-32-28-36-16-7-8-20-43(36)52(45)55-50/h1-34H. The summed E-state index contributed by atoms with van der Waals surface area (Å²) in [7, 11) is 0. The third-order valence-corrected chi connectivity index (χ3v) is 11.0. The lowest BCUT2D eigenvalue weighted by molar-refractivity contribution is 0.673. The van der Waals surface area contributed by atoms with E-state index in [1.54, 1.807) is 0 Å². The van der Waals surface area contributed by atoms with E-state index in [0.717, 1.165) is 61.2 Å². The summed E-state index contributed by atoms with van der Waals surface area (Å²) in [6.07, 6.45) is 0. The van der Waals surface area contributed by atoms with E-state index in [4.69, 9.17) is 4.42 Å². The van der Waals surface area contributed by atoms with Crippen LogP contribution in [0.15, 0.2) is 211 Å². The average molecular weight is 703 g/mol. The molecule has 9 aromatic carbocycles. The van der Waals surface area contributed by atoms with Gasteiger partial charge >= 0.3 is 0 Å². The third-order valence-electron chi connectivity index (χ3n) is 11.0. The van der Waals surface area contributed by atoms with E-state index in [9.17, 15) is 0 Å². The monoisotopic (exact) mass is 702 g/mol. The molecule has 0 bridgehead atoms. The molecule has 0 N–H and O–H groups in total. The van der Waals surface area contributed by atoms with Crippen LogP contribution in [0.1, 0.15) is 0 Å². The quantitative estimate of drug-likeness (QED) is 0.172. The summed E-state index contributed by atoms with van der Waals surface area (Å²) in [5.74, 6) is 0. The fourth-order valence-electron chi connectivity index (χ4n) is 8.50. The number of nitrogens with zero attached hydrogens (tertiary/aromatic N) is 2. The van der Waals surface area contributed by atoms with Gasteiger partial charge < -0.3 is 13.9 Å². The van der Waals surface area contributed by atoms with Crippen LogP contribution in [0, 0.1) is 0 Å². The van der Waals surface area contributed by atoms with Gasteiger partial charge in [-0.15, -0.1) is 0 Å². The molecule has 0 unspecified atom stereocenters. The number of hydrogen-bond acceptors (Lipinski definition) is 2. The van der Waals surface area contributed by atoms with Crippen LogP contribution >= 0.6 is 0 Å². The third kappa shape index (κ3) is 5.05. The maximum Gasteiger partial charge on any atom is 0.143 e. The molecule has 2 heterocycles. The second kappa shape index (κ2) is 12.6. The SMILES string of the molecule is c1ccc(-c2ccccc2N(c2ccc(-c3cccc4oc5c6ccccc6ccc5c34)cc2)c2ccc3c(c2)c2ccccc2n3-c2ccccc2)cc1. The Hall–Kier alpha value is -7.36. The molecule has 0 radical (unpaired) electrons. The van der Waals surface area contributed by atoms with Crippen LogP contribution in [-0.2, 0) is 0 Å². The summed E-state index contributed by atoms with van der Waals surface area (Å²) in [5, 5.41) is 7.02. The van der Waals surface area contributed by atoms with Crippen molar-refractivity contribution in [2.45, 2.75) is 0 Å². The van der Waals surface area contributed by atoms with Crippen LogP contribution < -0.4 is 4.90 Å². The molecule has 0 aliphatic carbocycles. The zero-order valence-electron chi connectivity index (χ0n) is 29.9. The predicted molar refractivity (Wildman–Crippen MR) is 231 cm³/mol. The van der Waals surface area contributed by atoms with Gasteiger partial charge in [0.25, 0.3) is 0 Å². The van der Waals surface area contributed by atoms with Gasteiger partial charge in [-0.25, -0.2) is 0 Å². The second-order valence-electron chi connectivity index (χ2n) is 14.1. The molecule has 0 amide bonds. The first-order valence-corrected chi connectivity index (χ1v) is 18.8. The lowest BCUT2D eigenvalue weighted by Crippen LogP contribution is -2.11. The van der Waals surface area contributed by atoms with Crippen molar-refractivity contribution in [3.63, 3.8) is 0 Å². The van der Waals surface area contributed by atoms with Crippen LogP contribution in [0.3, 0.4) is 0 Å². The Balaban J connectivity index is 1.10. The van der Waals surface area contributed by atoms with Crippen molar-refractivity contribution in [3.05, 3.63) is 206 Å². The van der Waals surface area contributed by atoms with Gasteiger partial charge in [0.05, 0.1) is 16.7 Å². The van der Waals surface area contributed by atoms with Crippen LogP contribution in [0.5, 0.6) is 0 Å². The molecule has 0 aliphatic heterocycles. The van der Waals surface area contributed by atoms with Gasteiger partial charge in [0.1, 0.15) is 11.2 Å². The Morgan fingerprint density at radius 1 is 0.400 bits per heavy atom. The predicted octanol–water partition coefficient (Wildman–Crippen LogP) is 14.6. The molecule has 0 atom stereocenters. The number of para-hydroxylation sites is 3. The molecule has 0 saturated carbocycles. The maximum atomic E-state index is 6.55. The van der Waals surface area contributed by atoms with Crippen molar-refractivity contribution in [2.24, 2.45) is 0 Å². The fourth-order valence-corrected chi connectivity index (χ4v) is 8.50. The maximum absolute atomic E-state index is 6.55. The van der Waals surface area contributed by atoms with Gasteiger partial charge in [0.15, 0.2) is 0 Å². The zero-order valence-corrected chi connectivity index (χ0v) is 29.9. The molecule has 3 nitrogen and oxygen atoms in total. The first kappa shape index (κ1) is 31.2. The Labute approximate surface area is 318 Å².